The fraction of sp³-hybridized carbons (Fsp3) is 0.500. The SMILES string of the molecule is CC12CCC(C(=O)C1=O)C2(C)C.CCC(O)C(=O)c1ccccc1.CCCCOCCOC(=O)c1ccc(N(C)C)cc1.Cc1ccc(N(C)C)cc1. The number of hydrogen-bond donors (Lipinski definition) is 1. The fourth-order valence-electron chi connectivity index (χ4n) is 6.14. The molecule has 2 saturated carbocycles. The molecule has 2 fully saturated rings. The number of aliphatic hydroxyl groups is 1. The molecule has 0 aliphatic heterocycles. The lowest BCUT2D eigenvalue weighted by Gasteiger charge is -2.31. The first-order valence-corrected chi connectivity index (χ1v) is 18.6. The molecule has 2 aliphatic rings. The first-order valence-electron chi connectivity index (χ1n) is 18.6. The fourth-order valence-corrected chi connectivity index (χ4v) is 6.14. The summed E-state index contributed by atoms with van der Waals surface area (Å²) >= 11 is 0. The number of Topliss-reactive ketones (excluding diaryl/α,β-unsaturated/α-hetero) is 3. The van der Waals surface area contributed by atoms with E-state index in [0.717, 1.165) is 38.0 Å². The first-order chi connectivity index (χ1) is 25.0. The smallest absolute Gasteiger partial charge is 0.338 e. The van der Waals surface area contributed by atoms with Gasteiger partial charge in [-0.15, -0.1) is 0 Å². The Kier molecular flexibility index (Phi) is 18.1. The molecule has 3 atom stereocenters. The van der Waals surface area contributed by atoms with Crippen molar-refractivity contribution < 1.29 is 33.8 Å². The van der Waals surface area contributed by atoms with Gasteiger partial charge < -0.3 is 24.4 Å². The van der Waals surface area contributed by atoms with E-state index in [4.69, 9.17) is 9.47 Å². The Morgan fingerprint density at radius 1 is 0.792 bits per heavy atom. The maximum absolute atomic E-state index is 11.7. The van der Waals surface area contributed by atoms with E-state index in [-0.39, 0.29) is 40.1 Å². The zero-order valence-corrected chi connectivity index (χ0v) is 33.6. The number of ether oxygens (including phenoxy) is 2. The number of hydrogen-bond acceptors (Lipinski definition) is 9. The normalized spacial score (nSPS) is 18.3. The van der Waals surface area contributed by atoms with Gasteiger partial charge in [0.25, 0.3) is 0 Å². The molecule has 9 nitrogen and oxygen atoms in total. The average Bonchev–Trinajstić information content (AvgIpc) is 3.46. The van der Waals surface area contributed by atoms with Crippen molar-refractivity contribution in [2.75, 3.05) is 57.8 Å². The van der Waals surface area contributed by atoms with Crippen molar-refractivity contribution in [1.29, 1.82) is 0 Å². The first kappa shape index (κ1) is 44.8. The van der Waals surface area contributed by atoms with Crippen LogP contribution in [0.2, 0.25) is 0 Å². The summed E-state index contributed by atoms with van der Waals surface area (Å²) in [7, 11) is 8.01. The molecule has 2 bridgehead atoms. The van der Waals surface area contributed by atoms with E-state index in [1.165, 1.54) is 11.3 Å². The van der Waals surface area contributed by atoms with Crippen LogP contribution in [-0.2, 0) is 19.1 Å². The molecule has 3 aromatic carbocycles. The summed E-state index contributed by atoms with van der Waals surface area (Å²) in [5.41, 5.74) is 4.32. The van der Waals surface area contributed by atoms with Gasteiger partial charge in [0.15, 0.2) is 5.78 Å². The number of carbonyl (C=O) groups is 4. The molecule has 1 N–H and O–H groups in total. The summed E-state index contributed by atoms with van der Waals surface area (Å²) in [4.78, 5) is 50.1. The van der Waals surface area contributed by atoms with Crippen LogP contribution in [0.15, 0.2) is 78.9 Å². The topological polar surface area (TPSA) is 113 Å². The molecule has 5 rings (SSSR count). The Morgan fingerprint density at radius 3 is 1.77 bits per heavy atom. The summed E-state index contributed by atoms with van der Waals surface area (Å²) in [6, 6.07) is 24.7. The predicted octanol–water partition coefficient (Wildman–Crippen LogP) is 8.01. The highest BCUT2D eigenvalue weighted by Crippen LogP contribution is 2.61. The number of nitrogens with zero attached hydrogens (tertiary/aromatic N) is 2. The Bertz CT molecular complexity index is 1580. The molecule has 290 valence electrons. The number of esters is 1. The standard InChI is InChI=1S/C15H23NO3.C10H14O2.C10H12O2.C9H13N/c1-4-5-10-18-11-12-19-15(17)13-6-8-14(9-7-13)16(2)3;1-9(2)6-4-5-10(9,3)8(12)7(6)11;1-2-9(11)10(12)8-6-4-3-5-7-8;1-8-4-6-9(7-5-8)10(2)3/h6-9H,4-5,10-12H2,1-3H3;6H,4-5H2,1-3H3;3-7,9,11H,2H2,1H3;4-7H,1-3H3. The maximum atomic E-state index is 11.7. The van der Waals surface area contributed by atoms with Gasteiger partial charge in [-0.3, -0.25) is 14.4 Å². The second kappa shape index (κ2) is 21.4. The third-order valence-corrected chi connectivity index (χ3v) is 10.3. The van der Waals surface area contributed by atoms with Crippen molar-refractivity contribution in [2.45, 2.75) is 79.8 Å². The second-order valence-corrected chi connectivity index (χ2v) is 14.8. The van der Waals surface area contributed by atoms with Crippen LogP contribution in [0, 0.1) is 23.7 Å². The molecule has 53 heavy (non-hydrogen) atoms. The molecule has 9 heteroatoms. The minimum Gasteiger partial charge on any atom is -0.460 e. The molecule has 3 aromatic rings. The van der Waals surface area contributed by atoms with Crippen LogP contribution in [0.1, 0.15) is 93.0 Å². The van der Waals surface area contributed by atoms with Gasteiger partial charge in [0.1, 0.15) is 12.7 Å². The number of rotatable bonds is 12. The third-order valence-electron chi connectivity index (χ3n) is 10.3. The monoisotopic (exact) mass is 730 g/mol. The second-order valence-electron chi connectivity index (χ2n) is 14.8. The number of fused-ring (bicyclic) bond motifs is 2. The summed E-state index contributed by atoms with van der Waals surface area (Å²) < 4.78 is 10.5. The largest absolute Gasteiger partial charge is 0.460 e. The van der Waals surface area contributed by atoms with Gasteiger partial charge in [-0.2, -0.15) is 0 Å². The van der Waals surface area contributed by atoms with Gasteiger partial charge in [-0.25, -0.2) is 4.79 Å². The van der Waals surface area contributed by atoms with Gasteiger partial charge in [0.2, 0.25) is 11.6 Å². The minimum absolute atomic E-state index is 0.00926. The van der Waals surface area contributed by atoms with E-state index in [1.807, 2.05) is 72.1 Å². The lowest BCUT2D eigenvalue weighted by atomic mass is 9.70. The quantitative estimate of drug-likeness (QED) is 0.0857. The van der Waals surface area contributed by atoms with Crippen LogP contribution in [0.25, 0.3) is 0 Å². The summed E-state index contributed by atoms with van der Waals surface area (Å²) in [6.07, 6.45) is 3.57. The Labute approximate surface area is 317 Å². The van der Waals surface area contributed by atoms with Crippen molar-refractivity contribution in [2.24, 2.45) is 16.7 Å². The highest BCUT2D eigenvalue weighted by Gasteiger charge is 2.66. The lowest BCUT2D eigenvalue weighted by molar-refractivity contribution is -0.141. The Morgan fingerprint density at radius 2 is 1.34 bits per heavy atom. The number of carbonyl (C=O) groups excluding carboxylic acids is 4. The number of ketones is 3. The van der Waals surface area contributed by atoms with Crippen LogP contribution in [-0.4, -0.2) is 82.5 Å². The van der Waals surface area contributed by atoms with E-state index < -0.39 is 6.10 Å². The molecule has 3 unspecified atom stereocenters. The predicted molar refractivity (Wildman–Crippen MR) is 214 cm³/mol. The van der Waals surface area contributed by atoms with E-state index in [1.54, 1.807) is 43.3 Å². The van der Waals surface area contributed by atoms with Gasteiger partial charge >= 0.3 is 5.97 Å². The molecule has 0 heterocycles. The van der Waals surface area contributed by atoms with E-state index in [9.17, 15) is 24.3 Å². The number of benzene rings is 3. The van der Waals surface area contributed by atoms with Crippen molar-refractivity contribution in [3.63, 3.8) is 0 Å². The third kappa shape index (κ3) is 12.6. The Balaban J connectivity index is 0.000000252. The van der Waals surface area contributed by atoms with Gasteiger partial charge in [-0.05, 0) is 74.4 Å². The van der Waals surface area contributed by atoms with E-state index in [2.05, 4.69) is 43.0 Å². The molecular weight excluding hydrogens is 668 g/mol. The van der Waals surface area contributed by atoms with Crippen LogP contribution in [0.3, 0.4) is 0 Å². The Hall–Kier alpha value is -4.34. The van der Waals surface area contributed by atoms with E-state index in [0.29, 0.717) is 30.8 Å². The molecule has 0 aromatic heterocycles. The molecule has 0 saturated heterocycles. The van der Waals surface area contributed by atoms with Gasteiger partial charge in [-0.1, -0.05) is 89.1 Å². The molecule has 2 aliphatic carbocycles. The van der Waals surface area contributed by atoms with Crippen molar-refractivity contribution >= 4 is 34.7 Å². The van der Waals surface area contributed by atoms with Crippen molar-refractivity contribution in [3.05, 3.63) is 95.6 Å². The van der Waals surface area contributed by atoms with Crippen molar-refractivity contribution in [3.8, 4) is 0 Å². The minimum atomic E-state index is -0.854. The summed E-state index contributed by atoms with van der Waals surface area (Å²) in [5, 5.41) is 9.23. The molecule has 0 radical (unpaired) electrons. The summed E-state index contributed by atoms with van der Waals surface area (Å²) in [5.74, 6) is -0.727. The van der Waals surface area contributed by atoms with Gasteiger partial charge in [0, 0.05) is 63.1 Å². The molecular formula is C44H62N2O7. The van der Waals surface area contributed by atoms with Crippen molar-refractivity contribution in [1.82, 2.24) is 0 Å². The van der Waals surface area contributed by atoms with E-state index >= 15 is 0 Å². The highest BCUT2D eigenvalue weighted by atomic mass is 16.6. The zero-order chi connectivity index (χ0) is 39.8. The van der Waals surface area contributed by atoms with Crippen LogP contribution in [0.5, 0.6) is 0 Å². The molecule has 0 spiro atoms. The number of unbranched alkanes of at least 4 members (excludes halogenated alkanes) is 1. The highest BCUT2D eigenvalue weighted by molar-refractivity contribution is 6.43. The number of aryl methyl sites for hydroxylation is 1. The summed E-state index contributed by atoms with van der Waals surface area (Å²) in [6.45, 7) is 13.5. The average molecular weight is 731 g/mol. The van der Waals surface area contributed by atoms with Crippen LogP contribution < -0.4 is 9.80 Å². The van der Waals surface area contributed by atoms with Crippen LogP contribution in [0.4, 0.5) is 11.4 Å². The zero-order valence-electron chi connectivity index (χ0n) is 33.6. The lowest BCUT2D eigenvalue weighted by Crippen LogP contribution is -2.33. The maximum Gasteiger partial charge on any atom is 0.338 e. The molecule has 0 amide bonds. The van der Waals surface area contributed by atoms with Gasteiger partial charge in [0.05, 0.1) is 12.2 Å². The number of aliphatic hydroxyl groups excluding tert-OH is 1. The number of anilines is 2. The van der Waals surface area contributed by atoms with Crippen LogP contribution >= 0.6 is 0 Å².